The molecule has 2 atom stereocenters. The first-order chi connectivity index (χ1) is 18.3. The van der Waals surface area contributed by atoms with E-state index in [4.69, 9.17) is 23.8 Å². The molecule has 8 heteroatoms. The number of anilines is 1. The molecule has 0 aliphatic carbocycles. The first-order valence-electron chi connectivity index (χ1n) is 12.6. The average Bonchev–Trinajstić information content (AvgIpc) is 3.51. The fourth-order valence-corrected chi connectivity index (χ4v) is 5.37. The predicted molar refractivity (Wildman–Crippen MR) is 157 cm³/mol. The number of thiocarbonyl (C=S) groups is 1. The number of carbonyl (C=O) groups is 1. The van der Waals surface area contributed by atoms with Crippen molar-refractivity contribution in [3.05, 3.63) is 112 Å². The zero-order valence-corrected chi connectivity index (χ0v) is 23.2. The van der Waals surface area contributed by atoms with Crippen molar-refractivity contribution in [2.75, 3.05) is 11.9 Å². The SMILES string of the molecule is Cc1ccc(C)c(NC(=O)CCN2C(=S)N[C@H](c3ccccn3)[C@@H]2c2cccn2-c2ccc(Cl)c(C)c2)c1. The molecule has 0 saturated carbocycles. The molecule has 194 valence electrons. The minimum Gasteiger partial charge on any atom is -0.352 e. The van der Waals surface area contributed by atoms with Crippen LogP contribution in [0.15, 0.2) is 79.1 Å². The Labute approximate surface area is 233 Å². The van der Waals surface area contributed by atoms with Crippen molar-refractivity contribution in [1.82, 2.24) is 19.8 Å². The maximum absolute atomic E-state index is 13.0. The average molecular weight is 544 g/mol. The molecule has 0 spiro atoms. The Bertz CT molecular complexity index is 1490. The zero-order chi connectivity index (χ0) is 26.8. The minimum absolute atomic E-state index is 0.0507. The van der Waals surface area contributed by atoms with Gasteiger partial charge in [0.05, 0.1) is 17.8 Å². The van der Waals surface area contributed by atoms with Crippen molar-refractivity contribution in [3.8, 4) is 5.69 Å². The van der Waals surface area contributed by atoms with E-state index in [1.807, 2.05) is 81.6 Å². The van der Waals surface area contributed by atoms with E-state index in [2.05, 4.69) is 37.2 Å². The maximum atomic E-state index is 13.0. The van der Waals surface area contributed by atoms with Crippen LogP contribution in [0.1, 0.15) is 46.6 Å². The molecule has 1 fully saturated rings. The van der Waals surface area contributed by atoms with Crippen molar-refractivity contribution in [1.29, 1.82) is 0 Å². The highest BCUT2D eigenvalue weighted by Crippen LogP contribution is 2.39. The van der Waals surface area contributed by atoms with E-state index in [-0.39, 0.29) is 18.0 Å². The normalized spacial score (nSPS) is 16.9. The van der Waals surface area contributed by atoms with Gasteiger partial charge in [0, 0.05) is 47.5 Å². The number of rotatable bonds is 7. The minimum atomic E-state index is -0.173. The number of nitrogens with zero attached hydrogens (tertiary/aromatic N) is 3. The van der Waals surface area contributed by atoms with Crippen molar-refractivity contribution >= 4 is 40.5 Å². The highest BCUT2D eigenvalue weighted by Gasteiger charge is 2.41. The first-order valence-corrected chi connectivity index (χ1v) is 13.4. The number of pyridine rings is 1. The Morgan fingerprint density at radius 1 is 1.05 bits per heavy atom. The van der Waals surface area contributed by atoms with Gasteiger partial charge in [0.2, 0.25) is 5.91 Å². The van der Waals surface area contributed by atoms with Gasteiger partial charge >= 0.3 is 0 Å². The first kappa shape index (κ1) is 25.9. The molecule has 2 aromatic carbocycles. The lowest BCUT2D eigenvalue weighted by atomic mass is 10.0. The third-order valence-electron chi connectivity index (χ3n) is 6.95. The summed E-state index contributed by atoms with van der Waals surface area (Å²) >= 11 is 12.1. The summed E-state index contributed by atoms with van der Waals surface area (Å²) in [5.74, 6) is -0.0507. The second kappa shape index (κ2) is 11.0. The number of carbonyl (C=O) groups excluding carboxylic acids is 1. The Hall–Kier alpha value is -3.68. The molecule has 0 radical (unpaired) electrons. The number of hydrogen-bond donors (Lipinski definition) is 2. The van der Waals surface area contributed by atoms with E-state index in [9.17, 15) is 4.79 Å². The van der Waals surface area contributed by atoms with Crippen molar-refractivity contribution in [3.63, 3.8) is 0 Å². The molecule has 38 heavy (non-hydrogen) atoms. The van der Waals surface area contributed by atoms with Crippen molar-refractivity contribution in [2.24, 2.45) is 0 Å². The Kier molecular flexibility index (Phi) is 7.49. The molecule has 1 saturated heterocycles. The highest BCUT2D eigenvalue weighted by atomic mass is 35.5. The van der Waals surface area contributed by atoms with E-state index in [1.165, 1.54) is 0 Å². The summed E-state index contributed by atoms with van der Waals surface area (Å²) in [6.45, 7) is 6.47. The van der Waals surface area contributed by atoms with Crippen LogP contribution in [0.4, 0.5) is 5.69 Å². The van der Waals surface area contributed by atoms with Gasteiger partial charge in [-0.05, 0) is 98.2 Å². The number of halogens is 1. The quantitative estimate of drug-likeness (QED) is 0.262. The second-order valence-electron chi connectivity index (χ2n) is 9.67. The smallest absolute Gasteiger partial charge is 0.226 e. The molecule has 4 aromatic rings. The van der Waals surface area contributed by atoms with Gasteiger partial charge in [0.1, 0.15) is 0 Å². The highest BCUT2D eigenvalue weighted by molar-refractivity contribution is 7.80. The monoisotopic (exact) mass is 543 g/mol. The Morgan fingerprint density at radius 2 is 1.89 bits per heavy atom. The number of amides is 1. The third-order valence-corrected chi connectivity index (χ3v) is 7.72. The fourth-order valence-electron chi connectivity index (χ4n) is 4.92. The van der Waals surface area contributed by atoms with Gasteiger partial charge in [0.15, 0.2) is 5.11 Å². The van der Waals surface area contributed by atoms with Crippen LogP contribution in [0.3, 0.4) is 0 Å². The van der Waals surface area contributed by atoms with E-state index in [0.717, 1.165) is 44.5 Å². The molecule has 6 nitrogen and oxygen atoms in total. The van der Waals surface area contributed by atoms with E-state index >= 15 is 0 Å². The van der Waals surface area contributed by atoms with E-state index in [1.54, 1.807) is 6.20 Å². The summed E-state index contributed by atoms with van der Waals surface area (Å²) < 4.78 is 2.16. The molecule has 2 N–H and O–H groups in total. The van der Waals surface area contributed by atoms with Gasteiger partial charge in [-0.2, -0.15) is 0 Å². The molecular formula is C30H30ClN5OS. The lowest BCUT2D eigenvalue weighted by Crippen LogP contribution is -2.33. The van der Waals surface area contributed by atoms with Gasteiger partial charge in [-0.3, -0.25) is 9.78 Å². The van der Waals surface area contributed by atoms with Crippen LogP contribution in [0.5, 0.6) is 0 Å². The topological polar surface area (TPSA) is 62.2 Å². The van der Waals surface area contributed by atoms with Crippen LogP contribution in [0.2, 0.25) is 5.02 Å². The molecule has 2 aromatic heterocycles. The summed E-state index contributed by atoms with van der Waals surface area (Å²) in [6, 6.07) is 21.7. The van der Waals surface area contributed by atoms with Gasteiger partial charge in [-0.25, -0.2) is 0 Å². The molecule has 5 rings (SSSR count). The lowest BCUT2D eigenvalue weighted by Gasteiger charge is -2.29. The van der Waals surface area contributed by atoms with Crippen LogP contribution in [-0.2, 0) is 4.79 Å². The number of hydrogen-bond acceptors (Lipinski definition) is 3. The molecule has 1 amide bonds. The largest absolute Gasteiger partial charge is 0.352 e. The summed E-state index contributed by atoms with van der Waals surface area (Å²) in [6.07, 6.45) is 4.13. The molecule has 0 bridgehead atoms. The number of aryl methyl sites for hydroxylation is 3. The van der Waals surface area contributed by atoms with Crippen LogP contribution in [0.25, 0.3) is 5.69 Å². The number of nitrogens with one attached hydrogen (secondary N) is 2. The van der Waals surface area contributed by atoms with Crippen LogP contribution >= 0.6 is 23.8 Å². The summed E-state index contributed by atoms with van der Waals surface area (Å²) in [4.78, 5) is 19.7. The molecular weight excluding hydrogens is 514 g/mol. The Morgan fingerprint density at radius 3 is 2.66 bits per heavy atom. The predicted octanol–water partition coefficient (Wildman–Crippen LogP) is 6.45. The van der Waals surface area contributed by atoms with Crippen molar-refractivity contribution in [2.45, 2.75) is 39.3 Å². The molecule has 1 aliphatic rings. The van der Waals surface area contributed by atoms with Gasteiger partial charge in [0.25, 0.3) is 0 Å². The van der Waals surface area contributed by atoms with Gasteiger partial charge in [-0.15, -0.1) is 0 Å². The molecule has 0 unspecified atom stereocenters. The third kappa shape index (κ3) is 5.30. The standard InChI is InChI=1S/C30H30ClN5OS/c1-19-9-10-20(2)25(17-19)33-27(37)13-16-36-29(28(34-30(36)38)24-7-4-5-14-32-24)26-8-6-15-35(26)22-11-12-23(31)21(3)18-22/h4-12,14-15,17-18,28-29H,13,16H2,1-3H3,(H,33,37)(H,34,38)/t28-,29+/m1/s1. The van der Waals surface area contributed by atoms with E-state index < -0.39 is 0 Å². The molecule has 3 heterocycles. The van der Waals surface area contributed by atoms with Crippen LogP contribution in [0, 0.1) is 20.8 Å². The van der Waals surface area contributed by atoms with Crippen LogP contribution in [-0.4, -0.2) is 32.0 Å². The summed E-state index contributed by atoms with van der Waals surface area (Å²) in [7, 11) is 0. The van der Waals surface area contributed by atoms with Crippen molar-refractivity contribution < 1.29 is 4.79 Å². The van der Waals surface area contributed by atoms with Gasteiger partial charge in [-0.1, -0.05) is 29.8 Å². The molecule has 1 aliphatic heterocycles. The van der Waals surface area contributed by atoms with E-state index in [0.29, 0.717) is 18.1 Å². The fraction of sp³-hybridized carbons (Fsp3) is 0.233. The maximum Gasteiger partial charge on any atom is 0.226 e. The Balaban J connectivity index is 1.45. The number of benzene rings is 2. The second-order valence-corrected chi connectivity index (χ2v) is 10.5. The van der Waals surface area contributed by atoms with Crippen LogP contribution < -0.4 is 10.6 Å². The lowest BCUT2D eigenvalue weighted by molar-refractivity contribution is -0.116. The summed E-state index contributed by atoms with van der Waals surface area (Å²) in [5.41, 5.74) is 6.93. The van der Waals surface area contributed by atoms with Gasteiger partial charge < -0.3 is 20.1 Å². The summed E-state index contributed by atoms with van der Waals surface area (Å²) in [5, 5.41) is 7.88. The zero-order valence-electron chi connectivity index (χ0n) is 21.6. The number of aromatic nitrogens is 2.